The van der Waals surface area contributed by atoms with E-state index in [9.17, 15) is 9.59 Å². The summed E-state index contributed by atoms with van der Waals surface area (Å²) in [5.41, 5.74) is 2.90. The molecule has 0 atom stereocenters. The Morgan fingerprint density at radius 2 is 2.06 bits per heavy atom. The van der Waals surface area contributed by atoms with Crippen LogP contribution in [0.2, 0.25) is 0 Å². The normalized spacial score (nSPS) is 18.2. The third kappa shape index (κ3) is 2.20. The standard InChI is InChI=1S/C11H11N5O2/c17-9-3-8(15-16-9)11(18)14-7-4-12-10(13-5-7)6-1-2-6/h4-6H,1-3H2,(H,14,18)(H,16,17). The Morgan fingerprint density at radius 1 is 1.33 bits per heavy atom. The van der Waals surface area contributed by atoms with E-state index in [1.54, 1.807) is 12.4 Å². The molecule has 1 aliphatic carbocycles. The van der Waals surface area contributed by atoms with Gasteiger partial charge in [0, 0.05) is 5.92 Å². The van der Waals surface area contributed by atoms with E-state index in [1.807, 2.05) is 0 Å². The molecule has 2 amide bonds. The van der Waals surface area contributed by atoms with E-state index >= 15 is 0 Å². The second kappa shape index (κ2) is 4.17. The van der Waals surface area contributed by atoms with Crippen LogP contribution in [0.5, 0.6) is 0 Å². The summed E-state index contributed by atoms with van der Waals surface area (Å²) in [6.45, 7) is 0. The van der Waals surface area contributed by atoms with Gasteiger partial charge in [-0.3, -0.25) is 9.59 Å². The maximum Gasteiger partial charge on any atom is 0.272 e. The van der Waals surface area contributed by atoms with Gasteiger partial charge in [0.15, 0.2) is 0 Å². The molecule has 1 aromatic rings. The van der Waals surface area contributed by atoms with Gasteiger partial charge in [0.05, 0.1) is 24.5 Å². The van der Waals surface area contributed by atoms with Crippen LogP contribution in [0.3, 0.4) is 0 Å². The Balaban J connectivity index is 1.65. The van der Waals surface area contributed by atoms with Gasteiger partial charge in [-0.2, -0.15) is 5.10 Å². The van der Waals surface area contributed by atoms with E-state index in [-0.39, 0.29) is 18.0 Å². The lowest BCUT2D eigenvalue weighted by molar-refractivity contribution is -0.119. The summed E-state index contributed by atoms with van der Waals surface area (Å²) in [6, 6.07) is 0. The Morgan fingerprint density at radius 3 is 2.61 bits per heavy atom. The zero-order valence-corrected chi connectivity index (χ0v) is 9.51. The molecule has 92 valence electrons. The van der Waals surface area contributed by atoms with Crippen LogP contribution in [0.4, 0.5) is 5.69 Å². The zero-order chi connectivity index (χ0) is 12.5. The van der Waals surface area contributed by atoms with Gasteiger partial charge in [-0.1, -0.05) is 0 Å². The molecular weight excluding hydrogens is 234 g/mol. The topological polar surface area (TPSA) is 96.3 Å². The Kier molecular flexibility index (Phi) is 2.51. The predicted octanol–water partition coefficient (Wildman–Crippen LogP) is 0.168. The number of hydrazone groups is 1. The van der Waals surface area contributed by atoms with Crippen molar-refractivity contribution in [3.63, 3.8) is 0 Å². The molecule has 0 radical (unpaired) electrons. The summed E-state index contributed by atoms with van der Waals surface area (Å²) >= 11 is 0. The molecule has 1 saturated carbocycles. The SMILES string of the molecule is O=C1CC(C(=O)Nc2cnc(C3CC3)nc2)=NN1. The highest BCUT2D eigenvalue weighted by Gasteiger charge is 2.26. The molecule has 7 heteroatoms. The van der Waals surface area contributed by atoms with Crippen molar-refractivity contribution < 1.29 is 9.59 Å². The van der Waals surface area contributed by atoms with E-state index in [0.717, 1.165) is 18.7 Å². The minimum absolute atomic E-state index is 0.00679. The number of nitrogens with zero attached hydrogens (tertiary/aromatic N) is 3. The highest BCUT2D eigenvalue weighted by atomic mass is 16.2. The van der Waals surface area contributed by atoms with Crippen molar-refractivity contribution in [2.24, 2.45) is 5.10 Å². The second-order valence-electron chi connectivity index (χ2n) is 4.33. The number of anilines is 1. The van der Waals surface area contributed by atoms with Crippen LogP contribution in [0.15, 0.2) is 17.5 Å². The predicted molar refractivity (Wildman–Crippen MR) is 62.8 cm³/mol. The molecular formula is C11H11N5O2. The lowest BCUT2D eigenvalue weighted by Gasteiger charge is -2.03. The van der Waals surface area contributed by atoms with E-state index < -0.39 is 5.91 Å². The molecule has 0 unspecified atom stereocenters. The number of carbonyl (C=O) groups excluding carboxylic acids is 2. The molecule has 7 nitrogen and oxygen atoms in total. The fraction of sp³-hybridized carbons (Fsp3) is 0.364. The molecule has 1 fully saturated rings. The first-order valence-electron chi connectivity index (χ1n) is 5.71. The van der Waals surface area contributed by atoms with E-state index in [4.69, 9.17) is 0 Å². The number of hydrogen-bond acceptors (Lipinski definition) is 5. The fourth-order valence-corrected chi connectivity index (χ4v) is 1.65. The molecule has 1 aliphatic heterocycles. The number of amides is 2. The largest absolute Gasteiger partial charge is 0.318 e. The molecule has 2 heterocycles. The van der Waals surface area contributed by atoms with Crippen molar-refractivity contribution >= 4 is 23.2 Å². The Labute approximate surface area is 103 Å². The number of aromatic nitrogens is 2. The van der Waals surface area contributed by atoms with Crippen molar-refractivity contribution in [2.45, 2.75) is 25.2 Å². The maximum atomic E-state index is 11.7. The molecule has 0 aromatic carbocycles. The summed E-state index contributed by atoms with van der Waals surface area (Å²) in [4.78, 5) is 31.0. The van der Waals surface area contributed by atoms with E-state index in [0.29, 0.717) is 11.6 Å². The summed E-state index contributed by atoms with van der Waals surface area (Å²) in [5, 5.41) is 6.24. The van der Waals surface area contributed by atoms with Crippen molar-refractivity contribution in [3.05, 3.63) is 18.2 Å². The van der Waals surface area contributed by atoms with Crippen molar-refractivity contribution in [1.82, 2.24) is 15.4 Å². The highest BCUT2D eigenvalue weighted by molar-refractivity contribution is 6.46. The first-order valence-corrected chi connectivity index (χ1v) is 5.71. The van der Waals surface area contributed by atoms with Gasteiger partial charge in [-0.15, -0.1) is 0 Å². The van der Waals surface area contributed by atoms with Gasteiger partial charge in [0.1, 0.15) is 11.5 Å². The number of rotatable bonds is 3. The summed E-state index contributed by atoms with van der Waals surface area (Å²) in [5.74, 6) is 0.621. The average Bonchev–Trinajstić information content (AvgIpc) is 3.12. The fourth-order valence-electron chi connectivity index (χ4n) is 1.65. The zero-order valence-electron chi connectivity index (χ0n) is 9.51. The third-order valence-corrected chi connectivity index (χ3v) is 2.78. The van der Waals surface area contributed by atoms with E-state index in [1.165, 1.54) is 0 Å². The average molecular weight is 245 g/mol. The van der Waals surface area contributed by atoms with Crippen molar-refractivity contribution in [1.29, 1.82) is 0 Å². The smallest absolute Gasteiger partial charge is 0.272 e. The lowest BCUT2D eigenvalue weighted by atomic mass is 10.2. The summed E-state index contributed by atoms with van der Waals surface area (Å²) in [7, 11) is 0. The third-order valence-electron chi connectivity index (χ3n) is 2.78. The van der Waals surface area contributed by atoms with Crippen LogP contribution in [0.25, 0.3) is 0 Å². The van der Waals surface area contributed by atoms with Crippen LogP contribution in [0, 0.1) is 0 Å². The van der Waals surface area contributed by atoms with Crippen molar-refractivity contribution in [2.75, 3.05) is 5.32 Å². The van der Waals surface area contributed by atoms with Gasteiger partial charge in [0.2, 0.25) is 5.91 Å². The van der Waals surface area contributed by atoms with Gasteiger partial charge in [-0.05, 0) is 12.8 Å². The molecule has 0 bridgehead atoms. The summed E-state index contributed by atoms with van der Waals surface area (Å²) < 4.78 is 0. The lowest BCUT2D eigenvalue weighted by Crippen LogP contribution is -2.22. The molecule has 18 heavy (non-hydrogen) atoms. The first-order chi connectivity index (χ1) is 8.72. The van der Waals surface area contributed by atoms with Gasteiger partial charge in [-0.25, -0.2) is 15.4 Å². The van der Waals surface area contributed by atoms with Crippen LogP contribution in [-0.2, 0) is 9.59 Å². The minimum Gasteiger partial charge on any atom is -0.318 e. The van der Waals surface area contributed by atoms with E-state index in [2.05, 4.69) is 25.8 Å². The molecule has 2 aliphatic rings. The second-order valence-corrected chi connectivity index (χ2v) is 4.33. The van der Waals surface area contributed by atoms with Crippen LogP contribution in [-0.4, -0.2) is 27.5 Å². The molecule has 1 aromatic heterocycles. The monoisotopic (exact) mass is 245 g/mol. The van der Waals surface area contributed by atoms with Gasteiger partial charge in [0.25, 0.3) is 5.91 Å². The molecule has 0 saturated heterocycles. The van der Waals surface area contributed by atoms with Crippen LogP contribution >= 0.6 is 0 Å². The number of nitrogens with one attached hydrogen (secondary N) is 2. The van der Waals surface area contributed by atoms with Crippen molar-refractivity contribution in [3.8, 4) is 0 Å². The Hall–Kier alpha value is -2.31. The van der Waals surface area contributed by atoms with Crippen LogP contribution < -0.4 is 10.7 Å². The highest BCUT2D eigenvalue weighted by Crippen LogP contribution is 2.37. The number of carbonyl (C=O) groups is 2. The number of hydrogen-bond donors (Lipinski definition) is 2. The maximum absolute atomic E-state index is 11.7. The van der Waals surface area contributed by atoms with Crippen LogP contribution in [0.1, 0.15) is 31.0 Å². The molecule has 2 N–H and O–H groups in total. The first kappa shape index (κ1) is 10.8. The van der Waals surface area contributed by atoms with Gasteiger partial charge >= 0.3 is 0 Å². The minimum atomic E-state index is -0.406. The Bertz CT molecular complexity index is 533. The molecule has 3 rings (SSSR count). The quantitative estimate of drug-likeness (QED) is 0.793. The summed E-state index contributed by atoms with van der Waals surface area (Å²) in [6.07, 6.45) is 5.42. The molecule has 0 spiro atoms. The van der Waals surface area contributed by atoms with Gasteiger partial charge < -0.3 is 5.32 Å².